The molecule has 0 aromatic carbocycles. The first-order valence-corrected chi connectivity index (χ1v) is 7.88. The van der Waals surface area contributed by atoms with Gasteiger partial charge >= 0.3 is 12.0 Å². The molecule has 1 aliphatic heterocycles. The van der Waals surface area contributed by atoms with Crippen LogP contribution in [0.4, 0.5) is 4.79 Å². The second-order valence-corrected chi connectivity index (χ2v) is 7.16. The topological polar surface area (TPSA) is 75.7 Å². The minimum atomic E-state index is -0.862. The second kappa shape index (κ2) is 6.53. The van der Waals surface area contributed by atoms with Crippen molar-refractivity contribution in [3.63, 3.8) is 0 Å². The van der Waals surface area contributed by atoms with Gasteiger partial charge in [0, 0.05) is 6.54 Å². The molecular formula is C15H18Cl2N2O4. The standard InChI is InChI=1S/C15H18Cl2N2O4/c1-4-5-19-12(20)9(18-14(19)22)7-23-13(21)11-8(6-10(16)17)15(11,2)3/h4,6,8-9,11H,1,5,7H2,2-3H3,(H,18,22). The summed E-state index contributed by atoms with van der Waals surface area (Å²) in [5, 5.41) is 2.48. The number of nitrogens with one attached hydrogen (secondary N) is 1. The number of nitrogens with zero attached hydrogens (tertiary/aromatic N) is 1. The highest BCUT2D eigenvalue weighted by Gasteiger charge is 2.61. The Balaban J connectivity index is 1.91. The number of carbonyl (C=O) groups is 3. The molecule has 8 heteroatoms. The normalized spacial score (nSPS) is 28.2. The number of esters is 1. The van der Waals surface area contributed by atoms with E-state index in [1.165, 1.54) is 6.08 Å². The number of hydrogen-bond donors (Lipinski definition) is 1. The van der Waals surface area contributed by atoms with Crippen molar-refractivity contribution in [1.82, 2.24) is 10.2 Å². The summed E-state index contributed by atoms with van der Waals surface area (Å²) in [4.78, 5) is 36.8. The predicted molar refractivity (Wildman–Crippen MR) is 85.7 cm³/mol. The number of hydrogen-bond acceptors (Lipinski definition) is 4. The summed E-state index contributed by atoms with van der Waals surface area (Å²) in [6, 6.07) is -1.38. The number of urea groups is 1. The van der Waals surface area contributed by atoms with Crippen molar-refractivity contribution in [3.05, 3.63) is 23.2 Å². The first kappa shape index (κ1) is 17.8. The Bertz CT molecular complexity index is 584. The molecule has 1 aliphatic carbocycles. The molecule has 3 atom stereocenters. The lowest BCUT2D eigenvalue weighted by atomic mass is 10.1. The van der Waals surface area contributed by atoms with Crippen LogP contribution >= 0.6 is 23.2 Å². The van der Waals surface area contributed by atoms with Crippen molar-refractivity contribution >= 4 is 41.1 Å². The Morgan fingerprint density at radius 2 is 2.09 bits per heavy atom. The van der Waals surface area contributed by atoms with E-state index in [4.69, 9.17) is 27.9 Å². The number of rotatable bonds is 6. The summed E-state index contributed by atoms with van der Waals surface area (Å²) in [7, 11) is 0. The molecule has 3 unspecified atom stereocenters. The van der Waals surface area contributed by atoms with Crippen molar-refractivity contribution in [2.24, 2.45) is 17.3 Å². The Hall–Kier alpha value is -1.53. The maximum absolute atomic E-state index is 12.2. The van der Waals surface area contributed by atoms with E-state index in [9.17, 15) is 14.4 Å². The van der Waals surface area contributed by atoms with Gasteiger partial charge in [0.2, 0.25) is 0 Å². The van der Waals surface area contributed by atoms with E-state index in [2.05, 4.69) is 11.9 Å². The highest BCUT2D eigenvalue weighted by molar-refractivity contribution is 6.55. The first-order valence-electron chi connectivity index (χ1n) is 7.12. The molecule has 23 heavy (non-hydrogen) atoms. The molecule has 1 saturated heterocycles. The number of allylic oxidation sites excluding steroid dienone is 1. The zero-order valence-corrected chi connectivity index (χ0v) is 14.4. The molecule has 1 N–H and O–H groups in total. The minimum Gasteiger partial charge on any atom is -0.463 e. The first-order chi connectivity index (χ1) is 10.7. The quantitative estimate of drug-likeness (QED) is 0.447. The zero-order valence-electron chi connectivity index (χ0n) is 12.8. The van der Waals surface area contributed by atoms with Crippen LogP contribution in [0.15, 0.2) is 23.2 Å². The Labute approximate surface area is 144 Å². The van der Waals surface area contributed by atoms with Gasteiger partial charge in [-0.1, -0.05) is 43.1 Å². The summed E-state index contributed by atoms with van der Waals surface area (Å²) in [6.45, 7) is 7.22. The Kier molecular flexibility index (Phi) is 5.06. The Morgan fingerprint density at radius 3 is 2.65 bits per heavy atom. The molecule has 1 heterocycles. The monoisotopic (exact) mass is 360 g/mol. The van der Waals surface area contributed by atoms with Gasteiger partial charge in [-0.05, 0) is 17.4 Å². The van der Waals surface area contributed by atoms with Crippen molar-refractivity contribution in [1.29, 1.82) is 0 Å². The number of ether oxygens (including phenoxy) is 1. The van der Waals surface area contributed by atoms with Gasteiger partial charge < -0.3 is 10.1 Å². The average Bonchev–Trinajstić information content (AvgIpc) is 2.87. The van der Waals surface area contributed by atoms with Gasteiger partial charge in [-0.15, -0.1) is 6.58 Å². The van der Waals surface area contributed by atoms with Gasteiger partial charge in [0.15, 0.2) is 0 Å². The third-order valence-corrected chi connectivity index (χ3v) is 4.53. The third kappa shape index (κ3) is 3.53. The van der Waals surface area contributed by atoms with Gasteiger partial charge in [0.1, 0.15) is 17.1 Å². The summed E-state index contributed by atoms with van der Waals surface area (Å²) in [6.07, 6.45) is 3.06. The summed E-state index contributed by atoms with van der Waals surface area (Å²) in [5.41, 5.74) is -0.302. The molecule has 126 valence electrons. The molecule has 2 aliphatic rings. The lowest BCUT2D eigenvalue weighted by Gasteiger charge is -2.11. The number of imide groups is 1. The van der Waals surface area contributed by atoms with Gasteiger partial charge in [0.25, 0.3) is 5.91 Å². The van der Waals surface area contributed by atoms with Crippen LogP contribution < -0.4 is 5.32 Å². The summed E-state index contributed by atoms with van der Waals surface area (Å²) >= 11 is 11.3. The van der Waals surface area contributed by atoms with Crippen molar-refractivity contribution < 1.29 is 19.1 Å². The average molecular weight is 361 g/mol. The maximum Gasteiger partial charge on any atom is 0.325 e. The van der Waals surface area contributed by atoms with Crippen LogP contribution in [0.3, 0.4) is 0 Å². The minimum absolute atomic E-state index is 0.105. The van der Waals surface area contributed by atoms with Crippen LogP contribution in [0, 0.1) is 17.3 Å². The molecule has 0 aromatic rings. The number of carbonyl (C=O) groups excluding carboxylic acids is 3. The van der Waals surface area contributed by atoms with Crippen molar-refractivity contribution in [2.45, 2.75) is 19.9 Å². The lowest BCUT2D eigenvalue weighted by Crippen LogP contribution is -2.35. The van der Waals surface area contributed by atoms with Crippen LogP contribution in [0.2, 0.25) is 0 Å². The fourth-order valence-corrected chi connectivity index (χ4v) is 3.09. The van der Waals surface area contributed by atoms with Gasteiger partial charge in [-0.25, -0.2) is 4.79 Å². The molecule has 1 saturated carbocycles. The molecule has 6 nitrogen and oxygen atoms in total. The van der Waals surface area contributed by atoms with Crippen LogP contribution in [0.25, 0.3) is 0 Å². The van der Waals surface area contributed by atoms with E-state index in [0.717, 1.165) is 4.90 Å². The molecule has 3 amide bonds. The van der Waals surface area contributed by atoms with E-state index in [-0.39, 0.29) is 34.9 Å². The van der Waals surface area contributed by atoms with Crippen molar-refractivity contribution in [2.75, 3.05) is 13.2 Å². The van der Waals surface area contributed by atoms with E-state index >= 15 is 0 Å². The molecule has 0 spiro atoms. The van der Waals surface area contributed by atoms with E-state index in [0.29, 0.717) is 0 Å². The molecule has 0 aromatic heterocycles. The maximum atomic E-state index is 12.2. The van der Waals surface area contributed by atoms with Gasteiger partial charge in [-0.3, -0.25) is 14.5 Å². The largest absolute Gasteiger partial charge is 0.463 e. The molecule has 2 rings (SSSR count). The SMILES string of the molecule is C=CCN1C(=O)NC(COC(=O)C2C(C=C(Cl)Cl)C2(C)C)C1=O. The molecule has 0 bridgehead atoms. The zero-order chi connectivity index (χ0) is 17.4. The lowest BCUT2D eigenvalue weighted by molar-refractivity contribution is -0.147. The Morgan fingerprint density at radius 1 is 1.43 bits per heavy atom. The number of amides is 3. The summed E-state index contributed by atoms with van der Waals surface area (Å²) in [5.74, 6) is -1.34. The van der Waals surface area contributed by atoms with Gasteiger partial charge in [-0.2, -0.15) is 0 Å². The fourth-order valence-electron chi connectivity index (χ4n) is 2.82. The molecular weight excluding hydrogens is 343 g/mol. The molecule has 0 radical (unpaired) electrons. The highest BCUT2D eigenvalue weighted by atomic mass is 35.5. The highest BCUT2D eigenvalue weighted by Crippen LogP contribution is 2.60. The van der Waals surface area contributed by atoms with E-state index in [1.54, 1.807) is 6.08 Å². The fraction of sp³-hybridized carbons (Fsp3) is 0.533. The molecule has 2 fully saturated rings. The number of halogens is 2. The van der Waals surface area contributed by atoms with E-state index in [1.807, 2.05) is 13.8 Å². The third-order valence-electron chi connectivity index (χ3n) is 4.28. The second-order valence-electron chi connectivity index (χ2n) is 6.15. The smallest absolute Gasteiger partial charge is 0.325 e. The van der Waals surface area contributed by atoms with Gasteiger partial charge in [0.05, 0.1) is 5.92 Å². The van der Waals surface area contributed by atoms with Crippen LogP contribution in [0.1, 0.15) is 13.8 Å². The van der Waals surface area contributed by atoms with E-state index < -0.39 is 23.9 Å². The van der Waals surface area contributed by atoms with Crippen LogP contribution in [-0.2, 0) is 14.3 Å². The van der Waals surface area contributed by atoms with Crippen LogP contribution in [0.5, 0.6) is 0 Å². The van der Waals surface area contributed by atoms with Crippen molar-refractivity contribution in [3.8, 4) is 0 Å². The predicted octanol–water partition coefficient (Wildman–Crippen LogP) is 2.23. The van der Waals surface area contributed by atoms with Crippen LogP contribution in [-0.4, -0.2) is 42.0 Å². The summed E-state index contributed by atoms with van der Waals surface area (Å²) < 4.78 is 5.31.